The first kappa shape index (κ1) is 15.8. The number of amides is 1. The van der Waals surface area contributed by atoms with Crippen molar-refractivity contribution in [3.63, 3.8) is 0 Å². The van der Waals surface area contributed by atoms with E-state index in [1.165, 1.54) is 0 Å². The van der Waals surface area contributed by atoms with Gasteiger partial charge in [-0.1, -0.05) is 12.8 Å². The summed E-state index contributed by atoms with van der Waals surface area (Å²) in [5.41, 5.74) is 6.67. The molecule has 1 aromatic rings. The van der Waals surface area contributed by atoms with Gasteiger partial charge in [-0.3, -0.25) is 9.88 Å². The van der Waals surface area contributed by atoms with E-state index in [9.17, 15) is 4.79 Å². The van der Waals surface area contributed by atoms with Crippen LogP contribution in [0.2, 0.25) is 0 Å². The molecule has 0 spiro atoms. The van der Waals surface area contributed by atoms with E-state index in [4.69, 9.17) is 10.5 Å². The SMILES string of the molecule is CC(C)(C)OC(=O)N(c1ccc(CN)nc1)C1CCCC1. The smallest absolute Gasteiger partial charge is 0.415 e. The molecule has 0 unspecified atom stereocenters. The van der Waals surface area contributed by atoms with E-state index in [2.05, 4.69) is 4.98 Å². The second-order valence-electron chi connectivity index (χ2n) is 6.50. The zero-order valence-electron chi connectivity index (χ0n) is 13.1. The number of aromatic nitrogens is 1. The highest BCUT2D eigenvalue weighted by molar-refractivity contribution is 5.88. The van der Waals surface area contributed by atoms with Gasteiger partial charge in [-0.2, -0.15) is 0 Å². The number of carbonyl (C=O) groups excluding carboxylic acids is 1. The molecule has 1 saturated carbocycles. The zero-order valence-corrected chi connectivity index (χ0v) is 13.1. The summed E-state index contributed by atoms with van der Waals surface area (Å²) in [5, 5.41) is 0. The first-order valence-electron chi connectivity index (χ1n) is 7.58. The minimum atomic E-state index is -0.501. The van der Waals surface area contributed by atoms with Crippen molar-refractivity contribution in [1.29, 1.82) is 0 Å². The van der Waals surface area contributed by atoms with Gasteiger partial charge in [0.25, 0.3) is 0 Å². The third-order valence-electron chi connectivity index (χ3n) is 3.58. The van der Waals surface area contributed by atoms with Crippen molar-refractivity contribution in [2.24, 2.45) is 5.73 Å². The van der Waals surface area contributed by atoms with Gasteiger partial charge in [0.05, 0.1) is 17.6 Å². The molecule has 1 amide bonds. The Morgan fingerprint density at radius 3 is 2.52 bits per heavy atom. The second-order valence-corrected chi connectivity index (χ2v) is 6.50. The monoisotopic (exact) mass is 291 g/mol. The number of anilines is 1. The van der Waals surface area contributed by atoms with E-state index in [1.54, 1.807) is 11.1 Å². The van der Waals surface area contributed by atoms with Crippen molar-refractivity contribution < 1.29 is 9.53 Å². The Bertz CT molecular complexity index is 473. The fourth-order valence-corrected chi connectivity index (χ4v) is 2.62. The normalized spacial score (nSPS) is 16.0. The largest absolute Gasteiger partial charge is 0.443 e. The van der Waals surface area contributed by atoms with Crippen molar-refractivity contribution >= 4 is 11.8 Å². The zero-order chi connectivity index (χ0) is 15.5. The van der Waals surface area contributed by atoms with E-state index in [0.29, 0.717) is 6.54 Å². The minimum absolute atomic E-state index is 0.199. The molecule has 0 atom stereocenters. The third-order valence-corrected chi connectivity index (χ3v) is 3.58. The van der Waals surface area contributed by atoms with Gasteiger partial charge in [0.1, 0.15) is 5.60 Å². The van der Waals surface area contributed by atoms with Crippen molar-refractivity contribution in [1.82, 2.24) is 4.98 Å². The molecule has 116 valence electrons. The van der Waals surface area contributed by atoms with Gasteiger partial charge in [-0.05, 0) is 45.7 Å². The fourth-order valence-electron chi connectivity index (χ4n) is 2.62. The Morgan fingerprint density at radius 1 is 1.38 bits per heavy atom. The highest BCUT2D eigenvalue weighted by Gasteiger charge is 2.31. The van der Waals surface area contributed by atoms with Crippen LogP contribution < -0.4 is 10.6 Å². The summed E-state index contributed by atoms with van der Waals surface area (Å²) in [6.07, 6.45) is 5.74. The van der Waals surface area contributed by atoms with E-state index in [1.807, 2.05) is 32.9 Å². The predicted molar refractivity (Wildman–Crippen MR) is 83.1 cm³/mol. The number of pyridine rings is 1. The fraction of sp³-hybridized carbons (Fsp3) is 0.625. The molecule has 5 heteroatoms. The van der Waals surface area contributed by atoms with Gasteiger partial charge in [0.2, 0.25) is 0 Å². The van der Waals surface area contributed by atoms with Gasteiger partial charge in [-0.15, -0.1) is 0 Å². The van der Waals surface area contributed by atoms with Crippen LogP contribution in [0.25, 0.3) is 0 Å². The van der Waals surface area contributed by atoms with E-state index < -0.39 is 5.60 Å². The third kappa shape index (κ3) is 4.17. The van der Waals surface area contributed by atoms with Crippen LogP contribution >= 0.6 is 0 Å². The molecule has 1 aromatic heterocycles. The van der Waals surface area contributed by atoms with Crippen LogP contribution in [0.1, 0.15) is 52.1 Å². The summed E-state index contributed by atoms with van der Waals surface area (Å²) in [6, 6.07) is 3.96. The summed E-state index contributed by atoms with van der Waals surface area (Å²) < 4.78 is 5.56. The van der Waals surface area contributed by atoms with Crippen molar-refractivity contribution in [3.8, 4) is 0 Å². The van der Waals surface area contributed by atoms with Crippen LogP contribution in [-0.4, -0.2) is 22.7 Å². The maximum absolute atomic E-state index is 12.6. The maximum atomic E-state index is 12.6. The van der Waals surface area contributed by atoms with Gasteiger partial charge in [-0.25, -0.2) is 4.79 Å². The van der Waals surface area contributed by atoms with Crippen LogP contribution in [0.5, 0.6) is 0 Å². The number of nitrogens with two attached hydrogens (primary N) is 1. The molecular weight excluding hydrogens is 266 g/mol. The van der Waals surface area contributed by atoms with Crippen molar-refractivity contribution in [2.75, 3.05) is 4.90 Å². The molecule has 2 N–H and O–H groups in total. The molecule has 1 aliphatic rings. The van der Waals surface area contributed by atoms with Crippen LogP contribution in [0.4, 0.5) is 10.5 Å². The first-order chi connectivity index (χ1) is 9.90. The average Bonchev–Trinajstić information content (AvgIpc) is 2.91. The van der Waals surface area contributed by atoms with Crippen LogP contribution in [0.15, 0.2) is 18.3 Å². The van der Waals surface area contributed by atoms with E-state index >= 15 is 0 Å². The van der Waals surface area contributed by atoms with Crippen molar-refractivity contribution in [2.45, 2.75) is 64.6 Å². The lowest BCUT2D eigenvalue weighted by atomic mass is 10.2. The lowest BCUT2D eigenvalue weighted by Gasteiger charge is -2.31. The molecule has 0 radical (unpaired) electrons. The molecule has 0 bridgehead atoms. The number of rotatable bonds is 3. The quantitative estimate of drug-likeness (QED) is 0.928. The standard InChI is InChI=1S/C16H25N3O2/c1-16(2,3)21-15(20)19(13-6-4-5-7-13)14-9-8-12(10-17)18-11-14/h8-9,11,13H,4-7,10,17H2,1-3H3. The lowest BCUT2D eigenvalue weighted by Crippen LogP contribution is -2.42. The summed E-state index contributed by atoms with van der Waals surface area (Å²) in [5.74, 6) is 0. The Morgan fingerprint density at radius 2 is 2.05 bits per heavy atom. The molecular formula is C16H25N3O2. The number of nitrogens with zero attached hydrogens (tertiary/aromatic N) is 2. The topological polar surface area (TPSA) is 68.5 Å². The summed E-state index contributed by atoms with van der Waals surface area (Å²) in [6.45, 7) is 6.05. The van der Waals surface area contributed by atoms with Crippen LogP contribution in [0, 0.1) is 0 Å². The molecule has 21 heavy (non-hydrogen) atoms. The molecule has 0 aromatic carbocycles. The maximum Gasteiger partial charge on any atom is 0.415 e. The van der Waals surface area contributed by atoms with Gasteiger partial charge in [0.15, 0.2) is 0 Å². The number of ether oxygens (including phenoxy) is 1. The van der Waals surface area contributed by atoms with Gasteiger partial charge in [0, 0.05) is 12.6 Å². The molecule has 1 aliphatic carbocycles. The molecule has 2 rings (SSSR count). The second kappa shape index (κ2) is 6.43. The minimum Gasteiger partial charge on any atom is -0.443 e. The van der Waals surface area contributed by atoms with Crippen molar-refractivity contribution in [3.05, 3.63) is 24.0 Å². The van der Waals surface area contributed by atoms with Gasteiger partial charge < -0.3 is 10.5 Å². The highest BCUT2D eigenvalue weighted by atomic mass is 16.6. The highest BCUT2D eigenvalue weighted by Crippen LogP contribution is 2.29. The predicted octanol–water partition coefficient (Wildman–Crippen LogP) is 3.22. The number of carbonyl (C=O) groups is 1. The molecule has 1 fully saturated rings. The summed E-state index contributed by atoms with van der Waals surface area (Å²) >= 11 is 0. The Balaban J connectivity index is 2.24. The summed E-state index contributed by atoms with van der Waals surface area (Å²) in [7, 11) is 0. The average molecular weight is 291 g/mol. The van der Waals surface area contributed by atoms with E-state index in [-0.39, 0.29) is 12.1 Å². The Labute approximate surface area is 126 Å². The number of hydrogen-bond donors (Lipinski definition) is 1. The lowest BCUT2D eigenvalue weighted by molar-refractivity contribution is 0.0566. The number of hydrogen-bond acceptors (Lipinski definition) is 4. The molecule has 1 heterocycles. The summed E-state index contributed by atoms with van der Waals surface area (Å²) in [4.78, 5) is 18.6. The van der Waals surface area contributed by atoms with Crippen LogP contribution in [-0.2, 0) is 11.3 Å². The van der Waals surface area contributed by atoms with Gasteiger partial charge >= 0.3 is 6.09 Å². The molecule has 0 aliphatic heterocycles. The molecule has 5 nitrogen and oxygen atoms in total. The first-order valence-corrected chi connectivity index (χ1v) is 7.58. The Kier molecular flexibility index (Phi) is 4.83. The van der Waals surface area contributed by atoms with E-state index in [0.717, 1.165) is 37.1 Å². The Hall–Kier alpha value is -1.62. The molecule has 0 saturated heterocycles. The van der Waals surface area contributed by atoms with Crippen LogP contribution in [0.3, 0.4) is 0 Å².